The van der Waals surface area contributed by atoms with E-state index in [1.54, 1.807) is 36.1 Å². The highest BCUT2D eigenvalue weighted by Crippen LogP contribution is 2.30. The number of rotatable bonds is 5. The van der Waals surface area contributed by atoms with Crippen LogP contribution in [0.5, 0.6) is 0 Å². The Kier molecular flexibility index (Phi) is 6.83. The molecule has 3 aromatic rings. The van der Waals surface area contributed by atoms with Gasteiger partial charge in [-0.05, 0) is 37.3 Å². The van der Waals surface area contributed by atoms with Gasteiger partial charge in [0.25, 0.3) is 11.6 Å². The van der Waals surface area contributed by atoms with Crippen LogP contribution in [0.4, 0.5) is 27.5 Å². The predicted octanol–water partition coefficient (Wildman–Crippen LogP) is 3.42. The highest BCUT2D eigenvalue weighted by atomic mass is 19.1. The second-order valence-corrected chi connectivity index (χ2v) is 9.85. The molecule has 0 saturated carbocycles. The van der Waals surface area contributed by atoms with Gasteiger partial charge in [0, 0.05) is 81.7 Å². The normalized spacial score (nSPS) is 15.3. The van der Waals surface area contributed by atoms with Crippen molar-refractivity contribution in [1.82, 2.24) is 14.9 Å². The van der Waals surface area contributed by atoms with E-state index in [9.17, 15) is 19.3 Å². The van der Waals surface area contributed by atoms with Crippen LogP contribution in [0.15, 0.2) is 42.5 Å². The maximum absolute atomic E-state index is 13.3. The molecule has 1 amide bonds. The number of nitrogens with zero attached hydrogens (tertiary/aromatic N) is 7. The Morgan fingerprint density at radius 1 is 1.00 bits per heavy atom. The zero-order valence-electron chi connectivity index (χ0n) is 21.7. The Morgan fingerprint density at radius 2 is 1.68 bits per heavy atom. The molecule has 0 aliphatic carbocycles. The number of aromatic nitrogens is 2. The molecule has 1 fully saturated rings. The molecule has 2 aliphatic rings. The smallest absolute Gasteiger partial charge is 0.273 e. The SMILES string of the molecule is Cc1ccc(C(=O)N2CCc3nc(N4CCN(c5ccc(F)cc5)CC4)nc(N(C)C)c3C2)cc1[N+](=O)[O-]. The average Bonchev–Trinajstić information content (AvgIpc) is 2.92. The fourth-order valence-electron chi connectivity index (χ4n) is 5.01. The number of carbonyl (C=O) groups is 1. The third-order valence-electron chi connectivity index (χ3n) is 7.14. The molecule has 10 nitrogen and oxygen atoms in total. The van der Waals surface area contributed by atoms with E-state index >= 15 is 0 Å². The van der Waals surface area contributed by atoms with E-state index in [4.69, 9.17) is 9.97 Å². The molecule has 38 heavy (non-hydrogen) atoms. The number of halogens is 1. The molecule has 1 saturated heterocycles. The van der Waals surface area contributed by atoms with Crippen LogP contribution in [0.2, 0.25) is 0 Å². The average molecular weight is 520 g/mol. The van der Waals surface area contributed by atoms with Crippen LogP contribution in [-0.4, -0.2) is 72.5 Å². The lowest BCUT2D eigenvalue weighted by Crippen LogP contribution is -2.47. The first-order valence-electron chi connectivity index (χ1n) is 12.6. The zero-order valence-corrected chi connectivity index (χ0v) is 21.7. The minimum Gasteiger partial charge on any atom is -0.368 e. The molecule has 2 aliphatic heterocycles. The van der Waals surface area contributed by atoms with Crippen molar-refractivity contribution in [2.24, 2.45) is 0 Å². The van der Waals surface area contributed by atoms with Crippen molar-refractivity contribution in [1.29, 1.82) is 0 Å². The third kappa shape index (κ3) is 4.96. The molecule has 2 aromatic carbocycles. The van der Waals surface area contributed by atoms with Crippen molar-refractivity contribution >= 4 is 29.0 Å². The van der Waals surface area contributed by atoms with E-state index in [0.29, 0.717) is 36.6 Å². The van der Waals surface area contributed by atoms with Crippen molar-refractivity contribution in [3.8, 4) is 0 Å². The van der Waals surface area contributed by atoms with Gasteiger partial charge in [0.05, 0.1) is 17.2 Å². The maximum Gasteiger partial charge on any atom is 0.273 e. The number of amides is 1. The van der Waals surface area contributed by atoms with E-state index in [1.807, 2.05) is 19.0 Å². The van der Waals surface area contributed by atoms with Crippen LogP contribution in [0.25, 0.3) is 0 Å². The number of benzene rings is 2. The summed E-state index contributed by atoms with van der Waals surface area (Å²) in [6, 6.07) is 11.2. The van der Waals surface area contributed by atoms with Crippen LogP contribution in [0, 0.1) is 22.9 Å². The largest absolute Gasteiger partial charge is 0.368 e. The molecular formula is C27H30FN7O3. The summed E-state index contributed by atoms with van der Waals surface area (Å²) >= 11 is 0. The first-order chi connectivity index (χ1) is 18.2. The van der Waals surface area contributed by atoms with Gasteiger partial charge in [-0.3, -0.25) is 14.9 Å². The minimum atomic E-state index is -0.462. The Morgan fingerprint density at radius 3 is 2.34 bits per heavy atom. The predicted molar refractivity (Wildman–Crippen MR) is 143 cm³/mol. The van der Waals surface area contributed by atoms with E-state index < -0.39 is 4.92 Å². The number of nitro benzene ring substituents is 1. The number of fused-ring (bicyclic) bond motifs is 1. The summed E-state index contributed by atoms with van der Waals surface area (Å²) in [5.41, 5.74) is 3.56. The van der Waals surface area contributed by atoms with Crippen molar-refractivity contribution in [2.45, 2.75) is 19.9 Å². The number of carbonyl (C=O) groups excluding carboxylic acids is 1. The van der Waals surface area contributed by atoms with Gasteiger partial charge in [-0.25, -0.2) is 9.37 Å². The van der Waals surface area contributed by atoms with Gasteiger partial charge in [-0.1, -0.05) is 6.07 Å². The van der Waals surface area contributed by atoms with Gasteiger partial charge in [0.2, 0.25) is 5.95 Å². The number of hydrogen-bond donors (Lipinski definition) is 0. The van der Waals surface area contributed by atoms with Crippen molar-refractivity contribution in [3.63, 3.8) is 0 Å². The first kappa shape index (κ1) is 25.4. The summed E-state index contributed by atoms with van der Waals surface area (Å²) in [6.45, 7) is 5.48. The summed E-state index contributed by atoms with van der Waals surface area (Å²) in [5, 5.41) is 11.4. The van der Waals surface area contributed by atoms with Crippen LogP contribution in [0.3, 0.4) is 0 Å². The van der Waals surface area contributed by atoms with Crippen molar-refractivity contribution < 1.29 is 14.1 Å². The van der Waals surface area contributed by atoms with Crippen LogP contribution >= 0.6 is 0 Å². The molecular weight excluding hydrogens is 489 g/mol. The Labute approximate surface area is 220 Å². The lowest BCUT2D eigenvalue weighted by atomic mass is 10.0. The van der Waals surface area contributed by atoms with Gasteiger partial charge in [0.15, 0.2) is 0 Å². The Bertz CT molecular complexity index is 1370. The Balaban J connectivity index is 1.34. The van der Waals surface area contributed by atoms with Gasteiger partial charge < -0.3 is 19.6 Å². The molecule has 0 atom stereocenters. The highest BCUT2D eigenvalue weighted by Gasteiger charge is 2.29. The second-order valence-electron chi connectivity index (χ2n) is 9.85. The monoisotopic (exact) mass is 519 g/mol. The molecule has 5 rings (SSSR count). The Hall–Kier alpha value is -4.28. The summed E-state index contributed by atoms with van der Waals surface area (Å²) in [6.07, 6.45) is 0.570. The van der Waals surface area contributed by atoms with Crippen molar-refractivity contribution in [2.75, 3.05) is 61.5 Å². The van der Waals surface area contributed by atoms with Crippen molar-refractivity contribution in [3.05, 3.63) is 80.8 Å². The number of nitro groups is 1. The minimum absolute atomic E-state index is 0.0604. The van der Waals surface area contributed by atoms with Crippen LogP contribution in [0.1, 0.15) is 27.2 Å². The van der Waals surface area contributed by atoms with E-state index in [2.05, 4.69) is 9.80 Å². The number of aryl methyl sites for hydroxylation is 1. The molecule has 0 spiro atoms. The van der Waals surface area contributed by atoms with Gasteiger partial charge in [-0.15, -0.1) is 0 Å². The van der Waals surface area contributed by atoms with Gasteiger partial charge in [-0.2, -0.15) is 4.98 Å². The number of anilines is 3. The van der Waals surface area contributed by atoms with Gasteiger partial charge >= 0.3 is 0 Å². The molecule has 0 bridgehead atoms. The quantitative estimate of drug-likeness (QED) is 0.374. The van der Waals surface area contributed by atoms with E-state index in [-0.39, 0.29) is 17.4 Å². The second kappa shape index (κ2) is 10.2. The molecule has 0 unspecified atom stereocenters. The number of hydrogen-bond acceptors (Lipinski definition) is 8. The van der Waals surface area contributed by atoms with Gasteiger partial charge in [0.1, 0.15) is 11.6 Å². The summed E-state index contributed by atoms with van der Waals surface area (Å²) in [7, 11) is 3.84. The standard InChI is InChI=1S/C27H30FN7O3/c1-18-4-5-19(16-24(18)35(37)38)26(36)34-11-10-23-22(17-34)25(31(2)3)30-27(29-23)33-14-12-32(13-15-33)21-8-6-20(28)7-9-21/h4-9,16H,10-15,17H2,1-3H3. The molecule has 1 aromatic heterocycles. The molecule has 3 heterocycles. The molecule has 11 heteroatoms. The number of piperazine rings is 1. The highest BCUT2D eigenvalue weighted by molar-refractivity contribution is 5.95. The third-order valence-corrected chi connectivity index (χ3v) is 7.14. The fourth-order valence-corrected chi connectivity index (χ4v) is 5.01. The summed E-state index contributed by atoms with van der Waals surface area (Å²) < 4.78 is 13.3. The maximum atomic E-state index is 13.3. The summed E-state index contributed by atoms with van der Waals surface area (Å²) in [5.74, 6) is 0.939. The fraction of sp³-hybridized carbons (Fsp3) is 0.370. The molecule has 198 valence electrons. The molecule has 0 N–H and O–H groups in total. The first-order valence-corrected chi connectivity index (χ1v) is 12.6. The topological polar surface area (TPSA) is 99.0 Å². The van der Waals surface area contributed by atoms with Crippen LogP contribution in [-0.2, 0) is 13.0 Å². The molecule has 0 radical (unpaired) electrons. The van der Waals surface area contributed by atoms with E-state index in [0.717, 1.165) is 48.9 Å². The van der Waals surface area contributed by atoms with E-state index in [1.165, 1.54) is 18.2 Å². The van der Waals surface area contributed by atoms with Crippen LogP contribution < -0.4 is 14.7 Å². The lowest BCUT2D eigenvalue weighted by molar-refractivity contribution is -0.385. The summed E-state index contributed by atoms with van der Waals surface area (Å²) in [4.78, 5) is 42.0. The lowest BCUT2D eigenvalue weighted by Gasteiger charge is -2.37. The zero-order chi connectivity index (χ0) is 27.0.